The van der Waals surface area contributed by atoms with Crippen LogP contribution < -0.4 is 4.74 Å². The summed E-state index contributed by atoms with van der Waals surface area (Å²) in [5.74, 6) is 0.480. The Bertz CT molecular complexity index is 675. The number of carbonyl (C=O) groups is 1. The minimum atomic E-state index is -0.408. The molecular formula is C17H22FN3O3. The summed E-state index contributed by atoms with van der Waals surface area (Å²) in [5.41, 5.74) is 0.785. The number of nitrogens with zero attached hydrogens (tertiary/aromatic N) is 3. The third-order valence-corrected chi connectivity index (χ3v) is 3.46. The molecule has 24 heavy (non-hydrogen) atoms. The van der Waals surface area contributed by atoms with Crippen molar-refractivity contribution in [2.75, 3.05) is 33.8 Å². The second kappa shape index (κ2) is 8.44. The average molecular weight is 335 g/mol. The number of amides is 1. The third-order valence-electron chi connectivity index (χ3n) is 3.46. The molecule has 0 fully saturated rings. The van der Waals surface area contributed by atoms with Gasteiger partial charge in [0.05, 0.1) is 18.8 Å². The van der Waals surface area contributed by atoms with E-state index in [0.29, 0.717) is 13.1 Å². The number of halogens is 1. The number of carbonyl (C=O) groups excluding carboxylic acids is 1. The second-order valence-electron chi connectivity index (χ2n) is 5.70. The number of aromatic nitrogens is 1. The summed E-state index contributed by atoms with van der Waals surface area (Å²) in [6.07, 6.45) is 0. The summed E-state index contributed by atoms with van der Waals surface area (Å²) in [4.78, 5) is 15.6. The van der Waals surface area contributed by atoms with E-state index in [4.69, 9.17) is 9.26 Å². The Labute approximate surface area is 140 Å². The van der Waals surface area contributed by atoms with Crippen molar-refractivity contribution in [3.8, 4) is 5.75 Å². The van der Waals surface area contributed by atoms with Gasteiger partial charge >= 0.3 is 0 Å². The Balaban J connectivity index is 1.72. The molecule has 0 saturated heterocycles. The van der Waals surface area contributed by atoms with Crippen LogP contribution in [-0.2, 0) is 11.3 Å². The molecule has 1 amide bonds. The molecule has 1 aromatic heterocycles. The van der Waals surface area contributed by atoms with Crippen molar-refractivity contribution in [2.24, 2.45) is 0 Å². The van der Waals surface area contributed by atoms with Crippen molar-refractivity contribution in [2.45, 2.75) is 13.5 Å². The van der Waals surface area contributed by atoms with Gasteiger partial charge in [-0.3, -0.25) is 9.69 Å². The van der Waals surface area contributed by atoms with Crippen LogP contribution in [0.5, 0.6) is 5.75 Å². The topological polar surface area (TPSA) is 58.8 Å². The Morgan fingerprint density at radius 1 is 1.33 bits per heavy atom. The van der Waals surface area contributed by atoms with Gasteiger partial charge in [0.25, 0.3) is 0 Å². The van der Waals surface area contributed by atoms with Crippen molar-refractivity contribution < 1.29 is 18.4 Å². The van der Waals surface area contributed by atoms with Crippen molar-refractivity contribution >= 4 is 5.91 Å². The molecule has 0 radical (unpaired) electrons. The molecule has 7 heteroatoms. The summed E-state index contributed by atoms with van der Waals surface area (Å²) in [7, 11) is 3.53. The number of likely N-dealkylation sites (N-methyl/N-ethyl adjacent to an activating group) is 2. The molecule has 0 aliphatic carbocycles. The van der Waals surface area contributed by atoms with E-state index >= 15 is 0 Å². The lowest BCUT2D eigenvalue weighted by atomic mass is 10.3. The average Bonchev–Trinajstić information content (AvgIpc) is 2.93. The summed E-state index contributed by atoms with van der Waals surface area (Å²) < 4.78 is 23.8. The molecule has 0 bridgehead atoms. The van der Waals surface area contributed by atoms with Gasteiger partial charge in [0, 0.05) is 19.7 Å². The van der Waals surface area contributed by atoms with E-state index in [0.717, 1.165) is 11.5 Å². The molecule has 2 aromatic rings. The van der Waals surface area contributed by atoms with Crippen LogP contribution in [0.1, 0.15) is 11.5 Å². The number of hydrogen-bond acceptors (Lipinski definition) is 5. The maximum absolute atomic E-state index is 13.4. The van der Waals surface area contributed by atoms with Crippen LogP contribution in [0.3, 0.4) is 0 Å². The van der Waals surface area contributed by atoms with E-state index < -0.39 is 5.82 Å². The van der Waals surface area contributed by atoms with Gasteiger partial charge in [0.2, 0.25) is 5.91 Å². The number of rotatable bonds is 8. The number of benzene rings is 1. The van der Waals surface area contributed by atoms with Gasteiger partial charge in [-0.2, -0.15) is 0 Å². The van der Waals surface area contributed by atoms with Crippen LogP contribution in [0.2, 0.25) is 0 Å². The maximum Gasteiger partial charge on any atom is 0.236 e. The molecule has 0 aliphatic rings. The highest BCUT2D eigenvalue weighted by Crippen LogP contribution is 2.15. The van der Waals surface area contributed by atoms with Gasteiger partial charge in [-0.25, -0.2) is 4.39 Å². The van der Waals surface area contributed by atoms with Crippen molar-refractivity contribution in [3.63, 3.8) is 0 Å². The molecule has 0 unspecified atom stereocenters. The molecule has 6 nitrogen and oxygen atoms in total. The molecule has 0 saturated carbocycles. The van der Waals surface area contributed by atoms with Crippen molar-refractivity contribution in [1.82, 2.24) is 15.0 Å². The van der Waals surface area contributed by atoms with Gasteiger partial charge in [-0.05, 0) is 26.1 Å². The fraction of sp³-hybridized carbons (Fsp3) is 0.412. The second-order valence-corrected chi connectivity index (χ2v) is 5.70. The zero-order chi connectivity index (χ0) is 17.5. The van der Waals surface area contributed by atoms with Gasteiger partial charge < -0.3 is 14.2 Å². The zero-order valence-electron chi connectivity index (χ0n) is 14.2. The van der Waals surface area contributed by atoms with Crippen molar-refractivity contribution in [1.29, 1.82) is 0 Å². The molecule has 1 heterocycles. The number of para-hydroxylation sites is 1. The zero-order valence-corrected chi connectivity index (χ0v) is 14.2. The van der Waals surface area contributed by atoms with Crippen LogP contribution in [-0.4, -0.2) is 54.7 Å². The van der Waals surface area contributed by atoms with Crippen LogP contribution in [0, 0.1) is 12.7 Å². The standard InChI is InChI=1S/C17H22FN3O3/c1-13-10-14(19-24-13)11-20(2)12-17(22)21(3)8-9-23-16-7-5-4-6-15(16)18/h4-7,10H,8-9,11-12H2,1-3H3. The first-order valence-corrected chi connectivity index (χ1v) is 7.67. The molecule has 0 spiro atoms. The molecule has 0 N–H and O–H groups in total. The van der Waals surface area contributed by atoms with E-state index in [-0.39, 0.29) is 24.8 Å². The normalized spacial score (nSPS) is 10.9. The van der Waals surface area contributed by atoms with Crippen LogP contribution in [0.25, 0.3) is 0 Å². The predicted octanol–water partition coefficient (Wildman–Crippen LogP) is 2.09. The van der Waals surface area contributed by atoms with Gasteiger partial charge in [-0.15, -0.1) is 0 Å². The van der Waals surface area contributed by atoms with Crippen molar-refractivity contribution in [3.05, 3.63) is 47.6 Å². The highest BCUT2D eigenvalue weighted by atomic mass is 19.1. The smallest absolute Gasteiger partial charge is 0.236 e. The maximum atomic E-state index is 13.4. The van der Waals surface area contributed by atoms with Gasteiger partial charge in [-0.1, -0.05) is 17.3 Å². The number of aryl methyl sites for hydroxylation is 1. The Hall–Kier alpha value is -2.41. The summed E-state index contributed by atoms with van der Waals surface area (Å²) >= 11 is 0. The monoisotopic (exact) mass is 335 g/mol. The summed E-state index contributed by atoms with van der Waals surface area (Å²) in [6.45, 7) is 3.22. The lowest BCUT2D eigenvalue weighted by molar-refractivity contribution is -0.131. The SMILES string of the molecule is Cc1cc(CN(C)CC(=O)N(C)CCOc2ccccc2F)no1. The Kier molecular flexibility index (Phi) is 6.31. The molecule has 130 valence electrons. The van der Waals surface area contributed by atoms with E-state index in [1.54, 1.807) is 30.1 Å². The lowest BCUT2D eigenvalue weighted by Crippen LogP contribution is -2.38. The lowest BCUT2D eigenvalue weighted by Gasteiger charge is -2.21. The third kappa shape index (κ3) is 5.34. The first-order valence-electron chi connectivity index (χ1n) is 7.67. The molecular weight excluding hydrogens is 313 g/mol. The van der Waals surface area contributed by atoms with Crippen LogP contribution in [0.4, 0.5) is 4.39 Å². The number of ether oxygens (including phenoxy) is 1. The minimum Gasteiger partial charge on any atom is -0.489 e. The molecule has 2 rings (SSSR count). The predicted molar refractivity (Wildman–Crippen MR) is 87.1 cm³/mol. The quantitative estimate of drug-likeness (QED) is 0.739. The van der Waals surface area contributed by atoms with Gasteiger partial charge in [0.1, 0.15) is 12.4 Å². The highest BCUT2D eigenvalue weighted by molar-refractivity contribution is 5.77. The first-order chi connectivity index (χ1) is 11.5. The fourth-order valence-electron chi connectivity index (χ4n) is 2.16. The molecule has 1 aromatic carbocycles. The summed E-state index contributed by atoms with van der Waals surface area (Å²) in [5, 5.41) is 3.90. The molecule has 0 aliphatic heterocycles. The fourth-order valence-corrected chi connectivity index (χ4v) is 2.16. The Morgan fingerprint density at radius 2 is 2.08 bits per heavy atom. The highest BCUT2D eigenvalue weighted by Gasteiger charge is 2.13. The Morgan fingerprint density at radius 3 is 2.75 bits per heavy atom. The first kappa shape index (κ1) is 17.9. The van der Waals surface area contributed by atoms with E-state index in [1.807, 2.05) is 24.9 Å². The minimum absolute atomic E-state index is 0.0464. The van der Waals surface area contributed by atoms with Crippen LogP contribution >= 0.6 is 0 Å². The van der Waals surface area contributed by atoms with E-state index in [2.05, 4.69) is 5.16 Å². The van der Waals surface area contributed by atoms with E-state index in [1.165, 1.54) is 6.07 Å². The number of hydrogen-bond donors (Lipinski definition) is 0. The van der Waals surface area contributed by atoms with Crippen LogP contribution in [0.15, 0.2) is 34.9 Å². The van der Waals surface area contributed by atoms with E-state index in [9.17, 15) is 9.18 Å². The summed E-state index contributed by atoms with van der Waals surface area (Å²) in [6, 6.07) is 8.04. The molecule has 0 atom stereocenters. The van der Waals surface area contributed by atoms with Gasteiger partial charge in [0.15, 0.2) is 11.6 Å². The largest absolute Gasteiger partial charge is 0.489 e.